The molecule has 2 aromatic rings. The van der Waals surface area contributed by atoms with Crippen LogP contribution in [0, 0.1) is 0 Å². The quantitative estimate of drug-likeness (QED) is 0.801. The van der Waals surface area contributed by atoms with Crippen LogP contribution >= 0.6 is 0 Å². The molecule has 0 saturated carbocycles. The fourth-order valence-electron chi connectivity index (χ4n) is 3.42. The van der Waals surface area contributed by atoms with Gasteiger partial charge in [0.15, 0.2) is 0 Å². The molecule has 0 aliphatic carbocycles. The Morgan fingerprint density at radius 1 is 1.07 bits per heavy atom. The third-order valence-corrected chi connectivity index (χ3v) is 4.71. The molecule has 1 fully saturated rings. The second-order valence-electron chi connectivity index (χ2n) is 6.72. The number of anilines is 1. The summed E-state index contributed by atoms with van der Waals surface area (Å²) >= 11 is 0. The van der Waals surface area contributed by atoms with Gasteiger partial charge in [-0.25, -0.2) is 4.79 Å². The van der Waals surface area contributed by atoms with Crippen molar-refractivity contribution >= 4 is 23.5 Å². The molecule has 7 nitrogen and oxygen atoms in total. The first-order valence-electron chi connectivity index (χ1n) is 8.77. The van der Waals surface area contributed by atoms with Crippen LogP contribution in [-0.4, -0.2) is 41.9 Å². The fourth-order valence-corrected chi connectivity index (χ4v) is 3.42. The van der Waals surface area contributed by atoms with Gasteiger partial charge in [-0.15, -0.1) is 0 Å². The van der Waals surface area contributed by atoms with E-state index < -0.39 is 11.8 Å². The summed E-state index contributed by atoms with van der Waals surface area (Å²) in [5.74, 6) is -0.865. The van der Waals surface area contributed by atoms with E-state index in [2.05, 4.69) is 10.6 Å². The number of benzene rings is 2. The molecular weight excluding hydrogens is 346 g/mol. The van der Waals surface area contributed by atoms with E-state index in [0.29, 0.717) is 24.3 Å². The number of urea groups is 1. The molecule has 2 aliphatic heterocycles. The maximum absolute atomic E-state index is 12.7. The molecular formula is C20H19N3O4. The van der Waals surface area contributed by atoms with Gasteiger partial charge in [0, 0.05) is 12.2 Å². The van der Waals surface area contributed by atoms with Crippen LogP contribution in [0.5, 0.6) is 0 Å². The van der Waals surface area contributed by atoms with Gasteiger partial charge in [-0.3, -0.25) is 14.9 Å². The number of hydrogen-bond acceptors (Lipinski definition) is 4. The van der Waals surface area contributed by atoms with E-state index in [9.17, 15) is 14.4 Å². The van der Waals surface area contributed by atoms with Crippen LogP contribution in [-0.2, 0) is 4.74 Å². The first-order chi connectivity index (χ1) is 13.0. The van der Waals surface area contributed by atoms with Crippen molar-refractivity contribution in [2.24, 2.45) is 0 Å². The number of carbonyl (C=O) groups is 3. The Morgan fingerprint density at radius 2 is 1.81 bits per heavy atom. The zero-order valence-electron chi connectivity index (χ0n) is 14.8. The van der Waals surface area contributed by atoms with Gasteiger partial charge in [0.1, 0.15) is 6.10 Å². The highest BCUT2D eigenvalue weighted by Crippen LogP contribution is 2.26. The molecule has 138 valence electrons. The summed E-state index contributed by atoms with van der Waals surface area (Å²) in [7, 11) is 0. The van der Waals surface area contributed by atoms with E-state index >= 15 is 0 Å². The van der Waals surface area contributed by atoms with Crippen LogP contribution in [0.1, 0.15) is 39.3 Å². The summed E-state index contributed by atoms with van der Waals surface area (Å²) in [4.78, 5) is 37.8. The lowest BCUT2D eigenvalue weighted by atomic mass is 10.1. The molecule has 0 bridgehead atoms. The zero-order valence-corrected chi connectivity index (χ0v) is 14.8. The van der Waals surface area contributed by atoms with E-state index in [0.717, 1.165) is 5.56 Å². The molecule has 2 aromatic carbocycles. The van der Waals surface area contributed by atoms with Crippen LogP contribution < -0.4 is 10.6 Å². The number of fused-ring (bicyclic) bond motifs is 1. The normalized spacial score (nSPS) is 21.6. The van der Waals surface area contributed by atoms with Crippen LogP contribution in [0.4, 0.5) is 10.5 Å². The number of nitrogens with one attached hydrogen (secondary N) is 2. The second-order valence-corrected chi connectivity index (χ2v) is 6.72. The lowest BCUT2D eigenvalue weighted by molar-refractivity contribution is -0.0642. The highest BCUT2D eigenvalue weighted by atomic mass is 16.5. The average Bonchev–Trinajstić information content (AvgIpc) is 2.95. The molecule has 4 amide bonds. The third-order valence-electron chi connectivity index (χ3n) is 4.71. The molecule has 0 radical (unpaired) electrons. The molecule has 4 rings (SSSR count). The van der Waals surface area contributed by atoms with Crippen molar-refractivity contribution in [3.8, 4) is 0 Å². The van der Waals surface area contributed by atoms with Crippen molar-refractivity contribution in [2.45, 2.75) is 19.1 Å². The van der Waals surface area contributed by atoms with Crippen LogP contribution in [0.3, 0.4) is 0 Å². The number of morpholine rings is 1. The Kier molecular flexibility index (Phi) is 4.37. The maximum atomic E-state index is 12.7. The SMILES string of the molecule is C[C@@H]1CN(C(=O)Nc2ccc3c(c2)C(=O)NC3=O)C[C@@H](c2ccccc2)O1. The predicted molar refractivity (Wildman–Crippen MR) is 98.6 cm³/mol. The Labute approximate surface area is 156 Å². The van der Waals surface area contributed by atoms with E-state index in [1.165, 1.54) is 6.07 Å². The Hall–Kier alpha value is -3.19. The average molecular weight is 365 g/mol. The molecule has 2 heterocycles. The van der Waals surface area contributed by atoms with E-state index in [-0.39, 0.29) is 23.8 Å². The Bertz CT molecular complexity index is 913. The highest BCUT2D eigenvalue weighted by Gasteiger charge is 2.30. The maximum Gasteiger partial charge on any atom is 0.322 e. The minimum atomic E-state index is -0.449. The number of amides is 4. The molecule has 2 aliphatic rings. The summed E-state index contributed by atoms with van der Waals surface area (Å²) in [6.07, 6.45) is -0.290. The lowest BCUT2D eigenvalue weighted by Gasteiger charge is -2.37. The van der Waals surface area contributed by atoms with Crippen molar-refractivity contribution in [3.63, 3.8) is 0 Å². The van der Waals surface area contributed by atoms with Gasteiger partial charge in [-0.2, -0.15) is 0 Å². The van der Waals surface area contributed by atoms with E-state index in [1.54, 1.807) is 17.0 Å². The number of carbonyl (C=O) groups excluding carboxylic acids is 3. The minimum Gasteiger partial charge on any atom is -0.367 e. The van der Waals surface area contributed by atoms with E-state index in [1.807, 2.05) is 37.3 Å². The summed E-state index contributed by atoms with van der Waals surface area (Å²) in [5, 5.41) is 5.05. The third kappa shape index (κ3) is 3.41. The van der Waals surface area contributed by atoms with Gasteiger partial charge in [0.2, 0.25) is 0 Å². The number of nitrogens with zero attached hydrogens (tertiary/aromatic N) is 1. The van der Waals surface area contributed by atoms with Crippen molar-refractivity contribution in [1.82, 2.24) is 10.2 Å². The molecule has 27 heavy (non-hydrogen) atoms. The van der Waals surface area contributed by atoms with Gasteiger partial charge in [-0.1, -0.05) is 30.3 Å². The number of ether oxygens (including phenoxy) is 1. The van der Waals surface area contributed by atoms with Gasteiger partial charge in [0.05, 0.1) is 23.8 Å². The topological polar surface area (TPSA) is 87.7 Å². The molecule has 0 unspecified atom stereocenters. The molecule has 0 spiro atoms. The van der Waals surface area contributed by atoms with Crippen molar-refractivity contribution in [1.29, 1.82) is 0 Å². The monoisotopic (exact) mass is 365 g/mol. The molecule has 0 aromatic heterocycles. The fraction of sp³-hybridized carbons (Fsp3) is 0.250. The summed E-state index contributed by atoms with van der Waals surface area (Å²) in [5.41, 5.74) is 2.09. The zero-order chi connectivity index (χ0) is 19.0. The van der Waals surface area contributed by atoms with Crippen LogP contribution in [0.25, 0.3) is 0 Å². The Balaban J connectivity index is 1.49. The predicted octanol–water partition coefficient (Wildman–Crippen LogP) is 2.56. The van der Waals surface area contributed by atoms with Gasteiger partial charge < -0.3 is 15.0 Å². The smallest absolute Gasteiger partial charge is 0.322 e. The number of hydrogen-bond donors (Lipinski definition) is 2. The first-order valence-corrected chi connectivity index (χ1v) is 8.77. The molecule has 7 heteroatoms. The highest BCUT2D eigenvalue weighted by molar-refractivity contribution is 6.22. The summed E-state index contributed by atoms with van der Waals surface area (Å²) in [6.45, 7) is 2.84. The molecule has 2 N–H and O–H groups in total. The number of imide groups is 1. The molecule has 2 atom stereocenters. The van der Waals surface area contributed by atoms with Gasteiger partial charge in [0.25, 0.3) is 11.8 Å². The lowest BCUT2D eigenvalue weighted by Crippen LogP contribution is -2.47. The molecule has 1 saturated heterocycles. The second kappa shape index (κ2) is 6.85. The largest absolute Gasteiger partial charge is 0.367 e. The van der Waals surface area contributed by atoms with Crippen LogP contribution in [0.15, 0.2) is 48.5 Å². The van der Waals surface area contributed by atoms with Crippen molar-refractivity contribution in [2.75, 3.05) is 18.4 Å². The van der Waals surface area contributed by atoms with Crippen molar-refractivity contribution < 1.29 is 19.1 Å². The minimum absolute atomic E-state index is 0.0990. The van der Waals surface area contributed by atoms with E-state index in [4.69, 9.17) is 4.74 Å². The summed E-state index contributed by atoms with van der Waals surface area (Å²) in [6, 6.07) is 14.2. The number of rotatable bonds is 2. The van der Waals surface area contributed by atoms with Gasteiger partial charge in [-0.05, 0) is 30.7 Å². The first kappa shape index (κ1) is 17.2. The van der Waals surface area contributed by atoms with Crippen LogP contribution in [0.2, 0.25) is 0 Å². The van der Waals surface area contributed by atoms with Gasteiger partial charge >= 0.3 is 6.03 Å². The Morgan fingerprint density at radius 3 is 2.59 bits per heavy atom. The summed E-state index contributed by atoms with van der Waals surface area (Å²) < 4.78 is 5.98. The van der Waals surface area contributed by atoms with Crippen molar-refractivity contribution in [3.05, 3.63) is 65.2 Å². The standard InChI is InChI=1S/C20H19N3O4/c1-12-10-23(11-17(27-12)13-5-3-2-4-6-13)20(26)21-14-7-8-15-16(9-14)19(25)22-18(15)24/h2-9,12,17H,10-11H2,1H3,(H,21,26)(H,22,24,25)/t12-,17+/m1/s1.